The minimum atomic E-state index is -4.55. The van der Waals surface area contributed by atoms with Gasteiger partial charge in [-0.25, -0.2) is 0 Å². The third-order valence-corrected chi connectivity index (χ3v) is 6.54. The van der Waals surface area contributed by atoms with Crippen molar-refractivity contribution in [2.75, 3.05) is 23.3 Å². The highest BCUT2D eigenvalue weighted by molar-refractivity contribution is 8.26. The summed E-state index contributed by atoms with van der Waals surface area (Å²) in [5.74, 6) is -1.60. The minimum absolute atomic E-state index is 0.0428. The number of thiocarbonyl (C=S) groups is 1. The van der Waals surface area contributed by atoms with E-state index in [9.17, 15) is 27.6 Å². The van der Waals surface area contributed by atoms with Crippen LogP contribution >= 0.6 is 24.0 Å². The first-order valence-corrected chi connectivity index (χ1v) is 11.0. The molecule has 0 saturated carbocycles. The fraction of sp³-hybridized carbons (Fsp3) is 0.182. The van der Waals surface area contributed by atoms with E-state index in [0.717, 1.165) is 23.9 Å². The van der Waals surface area contributed by atoms with Crippen LogP contribution in [0.4, 0.5) is 24.5 Å². The molecule has 2 aliphatic heterocycles. The number of hydrogen-bond donors (Lipinski definition) is 1. The Morgan fingerprint density at radius 3 is 2.45 bits per heavy atom. The molecule has 6 nitrogen and oxygen atoms in total. The Morgan fingerprint density at radius 1 is 1.06 bits per heavy atom. The smallest absolute Gasteiger partial charge is 0.325 e. The molecule has 1 N–H and O–H groups in total. The summed E-state index contributed by atoms with van der Waals surface area (Å²) in [6.45, 7) is 1.69. The molecule has 0 aliphatic carbocycles. The molecule has 11 heteroatoms. The van der Waals surface area contributed by atoms with Crippen LogP contribution in [0, 0.1) is 0 Å². The molecule has 1 saturated heterocycles. The normalized spacial score (nSPS) is 18.2. The molecule has 0 radical (unpaired) electrons. The standard InChI is InChI=1S/C22H16F3N3O3S2/c1-2-27-20(31)18(33-21(27)32)17-14-8-3-4-9-15(14)28(19(17)30)11-16(29)26-13-7-5-6-12(10-13)22(23,24)25/h3-10H,2,11H2,1H3,(H,26,29). The quantitative estimate of drug-likeness (QED) is 0.511. The fourth-order valence-electron chi connectivity index (χ4n) is 3.60. The second-order valence-electron chi connectivity index (χ2n) is 7.16. The molecule has 0 aromatic heterocycles. The van der Waals surface area contributed by atoms with E-state index >= 15 is 0 Å². The van der Waals surface area contributed by atoms with E-state index in [1.807, 2.05) is 0 Å². The summed E-state index contributed by atoms with van der Waals surface area (Å²) in [5, 5.41) is 2.40. The minimum Gasteiger partial charge on any atom is -0.325 e. The number of thioether (sulfide) groups is 1. The highest BCUT2D eigenvalue weighted by atomic mass is 32.2. The topological polar surface area (TPSA) is 69.7 Å². The number of fused-ring (bicyclic) bond motifs is 1. The SMILES string of the molecule is CCN1C(=O)C(=C2C(=O)N(CC(=O)Nc3cccc(C(F)(F)F)c3)c3ccccc32)SC1=S. The summed E-state index contributed by atoms with van der Waals surface area (Å²) in [7, 11) is 0. The number of carbonyl (C=O) groups excluding carboxylic acids is 3. The molecule has 0 spiro atoms. The highest BCUT2D eigenvalue weighted by Gasteiger charge is 2.42. The molecule has 4 rings (SSSR count). The van der Waals surface area contributed by atoms with Gasteiger partial charge in [-0.05, 0) is 31.2 Å². The number of nitrogens with one attached hydrogen (secondary N) is 1. The summed E-state index contributed by atoms with van der Waals surface area (Å²) in [4.78, 5) is 41.5. The van der Waals surface area contributed by atoms with E-state index in [1.165, 1.54) is 21.9 Å². The number of amides is 3. The lowest BCUT2D eigenvalue weighted by molar-refractivity contribution is -0.137. The number of anilines is 2. The second kappa shape index (κ2) is 8.64. The van der Waals surface area contributed by atoms with Crippen molar-refractivity contribution in [1.29, 1.82) is 0 Å². The number of para-hydroxylation sites is 1. The Morgan fingerprint density at radius 2 is 1.79 bits per heavy atom. The first kappa shape index (κ1) is 23.0. The van der Waals surface area contributed by atoms with Crippen molar-refractivity contribution in [1.82, 2.24) is 4.90 Å². The van der Waals surface area contributed by atoms with Crippen molar-refractivity contribution >= 4 is 63.0 Å². The van der Waals surface area contributed by atoms with Crippen LogP contribution < -0.4 is 10.2 Å². The van der Waals surface area contributed by atoms with Gasteiger partial charge in [-0.2, -0.15) is 13.2 Å². The molecule has 1 fully saturated rings. The molecular formula is C22H16F3N3O3S2. The lowest BCUT2D eigenvalue weighted by atomic mass is 10.1. The molecule has 2 heterocycles. The Labute approximate surface area is 196 Å². The molecule has 2 aromatic rings. The number of rotatable bonds is 4. The average molecular weight is 492 g/mol. The number of halogens is 3. The van der Waals surface area contributed by atoms with Gasteiger partial charge in [-0.3, -0.25) is 24.2 Å². The maximum absolute atomic E-state index is 13.3. The monoisotopic (exact) mass is 491 g/mol. The summed E-state index contributed by atoms with van der Waals surface area (Å²) in [6, 6.07) is 10.9. The van der Waals surface area contributed by atoms with Crippen LogP contribution in [0.25, 0.3) is 5.57 Å². The number of benzene rings is 2. The Bertz CT molecular complexity index is 1230. The third kappa shape index (κ3) is 4.25. The molecule has 2 aliphatic rings. The van der Waals surface area contributed by atoms with Crippen LogP contribution in [0.5, 0.6) is 0 Å². The Balaban J connectivity index is 1.62. The van der Waals surface area contributed by atoms with Crippen LogP contribution in [0.1, 0.15) is 18.1 Å². The molecule has 3 amide bonds. The van der Waals surface area contributed by atoms with Gasteiger partial charge in [0.2, 0.25) is 5.91 Å². The van der Waals surface area contributed by atoms with E-state index in [2.05, 4.69) is 5.32 Å². The van der Waals surface area contributed by atoms with E-state index < -0.39 is 30.1 Å². The number of hydrogen-bond acceptors (Lipinski definition) is 5. The first-order chi connectivity index (χ1) is 15.6. The number of alkyl halides is 3. The van der Waals surface area contributed by atoms with Crippen LogP contribution in [0.15, 0.2) is 53.4 Å². The lowest BCUT2D eigenvalue weighted by Gasteiger charge is -2.17. The largest absolute Gasteiger partial charge is 0.416 e. The van der Waals surface area contributed by atoms with Crippen LogP contribution in [0.2, 0.25) is 0 Å². The van der Waals surface area contributed by atoms with Crippen molar-refractivity contribution in [2.45, 2.75) is 13.1 Å². The van der Waals surface area contributed by atoms with Crippen LogP contribution in [-0.4, -0.2) is 40.0 Å². The predicted molar refractivity (Wildman–Crippen MR) is 123 cm³/mol. The molecule has 2 aromatic carbocycles. The van der Waals surface area contributed by atoms with Crippen molar-refractivity contribution < 1.29 is 27.6 Å². The fourth-order valence-corrected chi connectivity index (χ4v) is 5.05. The summed E-state index contributed by atoms with van der Waals surface area (Å²) in [5.41, 5.74) is 0.136. The van der Waals surface area contributed by atoms with Crippen LogP contribution in [-0.2, 0) is 20.6 Å². The van der Waals surface area contributed by atoms with Gasteiger partial charge in [0.25, 0.3) is 11.8 Å². The maximum Gasteiger partial charge on any atom is 0.416 e. The first-order valence-electron chi connectivity index (χ1n) is 9.78. The lowest BCUT2D eigenvalue weighted by Crippen LogP contribution is -2.35. The summed E-state index contributed by atoms with van der Waals surface area (Å²) in [6.07, 6.45) is -4.55. The third-order valence-electron chi connectivity index (χ3n) is 5.09. The molecule has 0 unspecified atom stereocenters. The van der Waals surface area contributed by atoms with Gasteiger partial charge in [-0.1, -0.05) is 48.2 Å². The van der Waals surface area contributed by atoms with Crippen LogP contribution in [0.3, 0.4) is 0 Å². The van der Waals surface area contributed by atoms with E-state index in [0.29, 0.717) is 22.1 Å². The molecule has 0 atom stereocenters. The predicted octanol–water partition coefficient (Wildman–Crippen LogP) is 4.28. The molecule has 0 bridgehead atoms. The van der Waals surface area contributed by atoms with E-state index in [1.54, 1.807) is 31.2 Å². The van der Waals surface area contributed by atoms with Crippen molar-refractivity contribution in [3.8, 4) is 0 Å². The van der Waals surface area contributed by atoms with Gasteiger partial charge < -0.3 is 5.32 Å². The van der Waals surface area contributed by atoms with E-state index in [-0.39, 0.29) is 22.1 Å². The van der Waals surface area contributed by atoms with E-state index in [4.69, 9.17) is 12.2 Å². The van der Waals surface area contributed by atoms with Gasteiger partial charge in [-0.15, -0.1) is 0 Å². The number of nitrogens with zero attached hydrogens (tertiary/aromatic N) is 2. The maximum atomic E-state index is 13.3. The van der Waals surface area contributed by atoms with Gasteiger partial charge in [0.15, 0.2) is 0 Å². The average Bonchev–Trinajstić information content (AvgIpc) is 3.19. The van der Waals surface area contributed by atoms with Gasteiger partial charge in [0.05, 0.1) is 21.7 Å². The zero-order valence-corrected chi connectivity index (χ0v) is 18.7. The zero-order valence-electron chi connectivity index (χ0n) is 17.1. The Hall–Kier alpha value is -3.18. The van der Waals surface area contributed by atoms with Gasteiger partial charge in [0.1, 0.15) is 10.9 Å². The highest BCUT2D eigenvalue weighted by Crippen LogP contribution is 2.44. The van der Waals surface area contributed by atoms with Gasteiger partial charge >= 0.3 is 6.18 Å². The molecule has 170 valence electrons. The summed E-state index contributed by atoms with van der Waals surface area (Å²) >= 11 is 6.27. The molecule has 33 heavy (non-hydrogen) atoms. The van der Waals surface area contributed by atoms with Crippen molar-refractivity contribution in [3.63, 3.8) is 0 Å². The van der Waals surface area contributed by atoms with Crippen molar-refractivity contribution in [2.24, 2.45) is 0 Å². The van der Waals surface area contributed by atoms with Gasteiger partial charge in [0, 0.05) is 17.8 Å². The Kier molecular flexibility index (Phi) is 6.02. The zero-order chi connectivity index (χ0) is 23.9. The van der Waals surface area contributed by atoms with Crippen molar-refractivity contribution in [3.05, 3.63) is 64.6 Å². The summed E-state index contributed by atoms with van der Waals surface area (Å²) < 4.78 is 39.2. The number of carbonyl (C=O) groups is 3. The number of likely N-dealkylation sites (N-methyl/N-ethyl adjacent to an activating group) is 1. The second-order valence-corrected chi connectivity index (χ2v) is 8.80. The molecular weight excluding hydrogens is 475 g/mol.